The van der Waals surface area contributed by atoms with Crippen LogP contribution in [0.2, 0.25) is 0 Å². The van der Waals surface area contributed by atoms with Gasteiger partial charge in [-0.1, -0.05) is 12.1 Å². The van der Waals surface area contributed by atoms with E-state index in [9.17, 15) is 9.59 Å². The van der Waals surface area contributed by atoms with Gasteiger partial charge in [-0.15, -0.1) is 0 Å². The maximum atomic E-state index is 12.0. The first-order valence-electron chi connectivity index (χ1n) is 7.65. The minimum absolute atomic E-state index is 0.0914. The molecule has 1 aromatic carbocycles. The number of benzene rings is 1. The average molecular weight is 310 g/mol. The third-order valence-corrected chi connectivity index (χ3v) is 3.70. The lowest BCUT2D eigenvalue weighted by Crippen LogP contribution is -2.35. The Hall–Kier alpha value is -2.76. The van der Waals surface area contributed by atoms with Gasteiger partial charge < -0.3 is 10.6 Å². The largest absolute Gasteiger partial charge is 0.354 e. The lowest BCUT2D eigenvalue weighted by Gasteiger charge is -2.07. The van der Waals surface area contributed by atoms with Gasteiger partial charge in [0.15, 0.2) is 0 Å². The number of hydrogen-bond donors (Lipinski definition) is 2. The molecular formula is C17H18N4O2. The molecular weight excluding hydrogens is 292 g/mol. The molecule has 2 amide bonds. The Balaban J connectivity index is 1.48. The van der Waals surface area contributed by atoms with Crippen molar-refractivity contribution in [1.82, 2.24) is 20.6 Å². The molecule has 1 aliphatic carbocycles. The summed E-state index contributed by atoms with van der Waals surface area (Å²) in [4.78, 5) is 31.4. The summed E-state index contributed by atoms with van der Waals surface area (Å²) in [6.07, 6.45) is 6.90. The van der Waals surface area contributed by atoms with Gasteiger partial charge in [0.05, 0.1) is 0 Å². The highest BCUT2D eigenvalue weighted by molar-refractivity contribution is 5.94. The SMILES string of the molecule is O=C(NCCNC(=O)C1CC1)c1ccc(-c2cncnc2)cc1. The van der Waals surface area contributed by atoms with Crippen LogP contribution in [0.1, 0.15) is 23.2 Å². The standard InChI is InChI=1S/C17H18N4O2/c22-16(20-7-8-21-17(23)14-5-6-14)13-3-1-12(2-4-13)15-9-18-11-19-10-15/h1-4,9-11,14H,5-8H2,(H,20,22)(H,21,23). The van der Waals surface area contributed by atoms with Gasteiger partial charge in [0.1, 0.15) is 6.33 Å². The molecule has 2 N–H and O–H groups in total. The normalized spacial score (nSPS) is 13.4. The summed E-state index contributed by atoms with van der Waals surface area (Å²) in [7, 11) is 0. The van der Waals surface area contributed by atoms with Gasteiger partial charge >= 0.3 is 0 Å². The van der Waals surface area contributed by atoms with E-state index in [2.05, 4.69) is 20.6 Å². The van der Waals surface area contributed by atoms with Gasteiger partial charge in [0, 0.05) is 42.5 Å². The number of nitrogens with one attached hydrogen (secondary N) is 2. The van der Waals surface area contributed by atoms with Crippen molar-refractivity contribution in [3.8, 4) is 11.1 Å². The van der Waals surface area contributed by atoms with E-state index in [1.807, 2.05) is 12.1 Å². The third kappa shape index (κ3) is 4.12. The van der Waals surface area contributed by atoms with Gasteiger partial charge in [-0.25, -0.2) is 9.97 Å². The summed E-state index contributed by atoms with van der Waals surface area (Å²) in [6.45, 7) is 0.881. The molecule has 6 nitrogen and oxygen atoms in total. The molecule has 1 heterocycles. The van der Waals surface area contributed by atoms with Gasteiger partial charge in [-0.2, -0.15) is 0 Å². The first kappa shape index (κ1) is 15.1. The molecule has 118 valence electrons. The number of rotatable bonds is 6. The van der Waals surface area contributed by atoms with Crippen LogP contribution >= 0.6 is 0 Å². The lowest BCUT2D eigenvalue weighted by molar-refractivity contribution is -0.122. The molecule has 1 fully saturated rings. The summed E-state index contributed by atoms with van der Waals surface area (Å²) < 4.78 is 0. The highest BCUT2D eigenvalue weighted by Crippen LogP contribution is 2.28. The molecule has 1 aliphatic rings. The van der Waals surface area contributed by atoms with Crippen molar-refractivity contribution in [3.05, 3.63) is 48.5 Å². The highest BCUT2D eigenvalue weighted by Gasteiger charge is 2.28. The number of amides is 2. The molecule has 1 saturated carbocycles. The van der Waals surface area contributed by atoms with Crippen LogP contribution in [0.4, 0.5) is 0 Å². The lowest BCUT2D eigenvalue weighted by atomic mass is 10.1. The quantitative estimate of drug-likeness (QED) is 0.790. The van der Waals surface area contributed by atoms with Crippen molar-refractivity contribution < 1.29 is 9.59 Å². The second-order valence-electron chi connectivity index (χ2n) is 5.53. The van der Waals surface area contributed by atoms with Crippen molar-refractivity contribution in [2.45, 2.75) is 12.8 Å². The zero-order chi connectivity index (χ0) is 16.1. The molecule has 0 radical (unpaired) electrons. The molecule has 0 bridgehead atoms. The van der Waals surface area contributed by atoms with Gasteiger partial charge in [0.25, 0.3) is 5.91 Å². The monoisotopic (exact) mass is 310 g/mol. The van der Waals surface area contributed by atoms with Crippen molar-refractivity contribution in [2.24, 2.45) is 5.92 Å². The number of carbonyl (C=O) groups is 2. The van der Waals surface area contributed by atoms with E-state index in [0.29, 0.717) is 18.7 Å². The van der Waals surface area contributed by atoms with Crippen molar-refractivity contribution >= 4 is 11.8 Å². The Kier molecular flexibility index (Phi) is 4.61. The highest BCUT2D eigenvalue weighted by atomic mass is 16.2. The third-order valence-electron chi connectivity index (χ3n) is 3.70. The zero-order valence-corrected chi connectivity index (χ0v) is 12.7. The van der Waals surface area contributed by atoms with E-state index in [-0.39, 0.29) is 17.7 Å². The van der Waals surface area contributed by atoms with Crippen LogP contribution in [-0.4, -0.2) is 34.9 Å². The van der Waals surface area contributed by atoms with Crippen LogP contribution in [0.5, 0.6) is 0 Å². The van der Waals surface area contributed by atoms with E-state index in [4.69, 9.17) is 0 Å². The summed E-state index contributed by atoms with van der Waals surface area (Å²) in [5, 5.41) is 5.61. The van der Waals surface area contributed by atoms with Crippen molar-refractivity contribution in [3.63, 3.8) is 0 Å². The van der Waals surface area contributed by atoms with Gasteiger partial charge in [0.2, 0.25) is 5.91 Å². The van der Waals surface area contributed by atoms with Crippen LogP contribution in [0, 0.1) is 5.92 Å². The van der Waals surface area contributed by atoms with Crippen LogP contribution in [-0.2, 0) is 4.79 Å². The Bertz CT molecular complexity index is 681. The van der Waals surface area contributed by atoms with Crippen molar-refractivity contribution in [2.75, 3.05) is 13.1 Å². The summed E-state index contributed by atoms with van der Waals surface area (Å²) in [5.74, 6) is 0.135. The predicted molar refractivity (Wildman–Crippen MR) is 85.5 cm³/mol. The topological polar surface area (TPSA) is 84.0 Å². The molecule has 1 aromatic heterocycles. The van der Waals surface area contributed by atoms with E-state index < -0.39 is 0 Å². The molecule has 0 aliphatic heterocycles. The fourth-order valence-electron chi connectivity index (χ4n) is 2.22. The Morgan fingerprint density at radius 1 is 0.957 bits per heavy atom. The predicted octanol–water partition coefficient (Wildman–Crippen LogP) is 1.40. The number of hydrogen-bond acceptors (Lipinski definition) is 4. The second kappa shape index (κ2) is 7.00. The zero-order valence-electron chi connectivity index (χ0n) is 12.7. The maximum Gasteiger partial charge on any atom is 0.251 e. The first-order chi connectivity index (χ1) is 11.2. The molecule has 23 heavy (non-hydrogen) atoms. The van der Waals surface area contributed by atoms with Crippen LogP contribution < -0.4 is 10.6 Å². The van der Waals surface area contributed by atoms with Crippen LogP contribution in [0.3, 0.4) is 0 Å². The fourth-order valence-corrected chi connectivity index (χ4v) is 2.22. The number of aromatic nitrogens is 2. The maximum absolute atomic E-state index is 12.0. The smallest absolute Gasteiger partial charge is 0.251 e. The van der Waals surface area contributed by atoms with Crippen molar-refractivity contribution in [1.29, 1.82) is 0 Å². The molecule has 6 heteroatoms. The van der Waals surface area contributed by atoms with E-state index in [1.165, 1.54) is 6.33 Å². The summed E-state index contributed by atoms with van der Waals surface area (Å²) in [6, 6.07) is 7.26. The number of nitrogens with zero attached hydrogens (tertiary/aromatic N) is 2. The number of carbonyl (C=O) groups excluding carboxylic acids is 2. The Labute approximate surface area is 134 Å². The molecule has 0 atom stereocenters. The molecule has 0 saturated heterocycles. The fraction of sp³-hybridized carbons (Fsp3) is 0.294. The van der Waals surface area contributed by atoms with E-state index in [0.717, 1.165) is 24.0 Å². The molecule has 2 aromatic rings. The van der Waals surface area contributed by atoms with E-state index >= 15 is 0 Å². The van der Waals surface area contributed by atoms with Gasteiger partial charge in [-0.3, -0.25) is 9.59 Å². The average Bonchev–Trinajstić information content (AvgIpc) is 3.44. The Morgan fingerprint density at radius 2 is 1.61 bits per heavy atom. The first-order valence-corrected chi connectivity index (χ1v) is 7.65. The molecule has 3 rings (SSSR count). The van der Waals surface area contributed by atoms with Crippen LogP contribution in [0.15, 0.2) is 43.0 Å². The Morgan fingerprint density at radius 3 is 2.26 bits per heavy atom. The summed E-state index contributed by atoms with van der Waals surface area (Å²) >= 11 is 0. The molecule has 0 unspecified atom stereocenters. The minimum atomic E-state index is -0.151. The van der Waals surface area contributed by atoms with E-state index in [1.54, 1.807) is 24.5 Å². The van der Waals surface area contributed by atoms with Crippen LogP contribution in [0.25, 0.3) is 11.1 Å². The van der Waals surface area contributed by atoms with Gasteiger partial charge in [-0.05, 0) is 30.5 Å². The second-order valence-corrected chi connectivity index (χ2v) is 5.53. The molecule has 0 spiro atoms. The minimum Gasteiger partial charge on any atom is -0.354 e. The summed E-state index contributed by atoms with van der Waals surface area (Å²) in [5.41, 5.74) is 2.44.